The average Bonchev–Trinajstić information content (AvgIpc) is 2.48. The molecule has 1 aromatic carbocycles. The summed E-state index contributed by atoms with van der Waals surface area (Å²) in [4.78, 5) is 11.8. The summed E-state index contributed by atoms with van der Waals surface area (Å²) in [5.41, 5.74) is 6.07. The Morgan fingerprint density at radius 2 is 1.90 bits per heavy atom. The number of hydrogen-bond donors (Lipinski definition) is 2. The maximum absolute atomic E-state index is 11.8. The molecule has 0 radical (unpaired) electrons. The quantitative estimate of drug-likeness (QED) is 0.647. The van der Waals surface area contributed by atoms with E-state index in [1.54, 1.807) is 12.1 Å². The van der Waals surface area contributed by atoms with Crippen molar-refractivity contribution in [1.29, 1.82) is 0 Å². The number of nitrogens with two attached hydrogens (primary N) is 1. The van der Waals surface area contributed by atoms with E-state index in [1.807, 2.05) is 12.1 Å². The normalized spacial score (nSPS) is 10.3. The number of carbonyl (C=O) groups is 1. The van der Waals surface area contributed by atoms with E-state index in [1.165, 1.54) is 12.8 Å². The van der Waals surface area contributed by atoms with Gasteiger partial charge in [-0.3, -0.25) is 4.79 Å². The van der Waals surface area contributed by atoms with Gasteiger partial charge in [-0.1, -0.05) is 19.8 Å². The molecule has 0 unspecified atom stereocenters. The predicted octanol–water partition coefficient (Wildman–Crippen LogP) is 2.72. The number of unbranched alkanes of at least 4 members (excludes halogenated alkanes) is 3. The Kier molecular flexibility index (Phi) is 8.47. The van der Waals surface area contributed by atoms with Crippen molar-refractivity contribution in [2.75, 3.05) is 19.7 Å². The van der Waals surface area contributed by atoms with Gasteiger partial charge in [-0.15, -0.1) is 0 Å². The number of nitrogens with one attached hydrogen (secondary N) is 1. The van der Waals surface area contributed by atoms with Gasteiger partial charge in [-0.2, -0.15) is 0 Å². The van der Waals surface area contributed by atoms with Crippen molar-refractivity contribution in [2.24, 2.45) is 5.73 Å². The zero-order valence-electron chi connectivity index (χ0n) is 12.4. The van der Waals surface area contributed by atoms with Gasteiger partial charge in [0.05, 0.1) is 6.61 Å². The summed E-state index contributed by atoms with van der Waals surface area (Å²) in [6.45, 7) is 4.24. The van der Waals surface area contributed by atoms with E-state index in [0.29, 0.717) is 18.7 Å². The Bertz CT molecular complexity index is 377. The number of benzene rings is 1. The van der Waals surface area contributed by atoms with E-state index in [2.05, 4.69) is 12.2 Å². The monoisotopic (exact) mass is 278 g/mol. The van der Waals surface area contributed by atoms with Crippen LogP contribution in [0.2, 0.25) is 0 Å². The van der Waals surface area contributed by atoms with Crippen LogP contribution in [0.15, 0.2) is 24.3 Å². The highest BCUT2D eigenvalue weighted by Crippen LogP contribution is 2.13. The number of rotatable bonds is 10. The van der Waals surface area contributed by atoms with E-state index in [0.717, 1.165) is 31.6 Å². The van der Waals surface area contributed by atoms with Crippen LogP contribution in [-0.4, -0.2) is 25.6 Å². The molecule has 0 aromatic heterocycles. The van der Waals surface area contributed by atoms with E-state index >= 15 is 0 Å². The van der Waals surface area contributed by atoms with Gasteiger partial charge < -0.3 is 15.8 Å². The molecule has 4 nitrogen and oxygen atoms in total. The van der Waals surface area contributed by atoms with Crippen LogP contribution >= 0.6 is 0 Å². The predicted molar refractivity (Wildman–Crippen MR) is 82.1 cm³/mol. The summed E-state index contributed by atoms with van der Waals surface area (Å²) in [7, 11) is 0. The smallest absolute Gasteiger partial charge is 0.251 e. The van der Waals surface area contributed by atoms with Crippen molar-refractivity contribution in [1.82, 2.24) is 5.32 Å². The van der Waals surface area contributed by atoms with Gasteiger partial charge >= 0.3 is 0 Å². The molecule has 1 amide bonds. The minimum Gasteiger partial charge on any atom is -0.494 e. The molecule has 0 atom stereocenters. The third-order valence-electron chi connectivity index (χ3n) is 3.05. The fourth-order valence-corrected chi connectivity index (χ4v) is 1.82. The number of carbonyl (C=O) groups excluding carboxylic acids is 1. The second-order valence-electron chi connectivity index (χ2n) is 4.83. The SMILES string of the molecule is CCCCCOc1ccc(C(=O)NCCCCN)cc1. The summed E-state index contributed by atoms with van der Waals surface area (Å²) in [6, 6.07) is 7.29. The van der Waals surface area contributed by atoms with Crippen LogP contribution in [0.25, 0.3) is 0 Å². The first-order valence-electron chi connectivity index (χ1n) is 7.49. The molecule has 0 fully saturated rings. The van der Waals surface area contributed by atoms with Crippen molar-refractivity contribution in [3.8, 4) is 5.75 Å². The highest BCUT2D eigenvalue weighted by molar-refractivity contribution is 5.94. The molecular formula is C16H26N2O2. The fraction of sp³-hybridized carbons (Fsp3) is 0.562. The van der Waals surface area contributed by atoms with E-state index in [9.17, 15) is 4.79 Å². The van der Waals surface area contributed by atoms with Gasteiger partial charge in [0.2, 0.25) is 0 Å². The summed E-state index contributed by atoms with van der Waals surface area (Å²) in [6.07, 6.45) is 5.29. The molecule has 0 heterocycles. The van der Waals surface area contributed by atoms with Gasteiger partial charge in [-0.25, -0.2) is 0 Å². The lowest BCUT2D eigenvalue weighted by Gasteiger charge is -2.07. The maximum atomic E-state index is 11.8. The first-order valence-corrected chi connectivity index (χ1v) is 7.49. The summed E-state index contributed by atoms with van der Waals surface area (Å²) < 4.78 is 5.61. The van der Waals surface area contributed by atoms with Crippen LogP contribution in [-0.2, 0) is 0 Å². The lowest BCUT2D eigenvalue weighted by molar-refractivity contribution is 0.0953. The van der Waals surface area contributed by atoms with Crippen LogP contribution in [0, 0.1) is 0 Å². The second-order valence-corrected chi connectivity index (χ2v) is 4.83. The van der Waals surface area contributed by atoms with Crippen LogP contribution in [0.3, 0.4) is 0 Å². The van der Waals surface area contributed by atoms with Crippen molar-refractivity contribution in [3.05, 3.63) is 29.8 Å². The summed E-state index contributed by atoms with van der Waals surface area (Å²) >= 11 is 0. The Balaban J connectivity index is 2.31. The molecule has 0 aliphatic heterocycles. The molecule has 0 aliphatic rings. The fourth-order valence-electron chi connectivity index (χ4n) is 1.82. The van der Waals surface area contributed by atoms with E-state index in [4.69, 9.17) is 10.5 Å². The standard InChI is InChI=1S/C16H26N2O2/c1-2-3-6-13-20-15-9-7-14(8-10-15)16(19)18-12-5-4-11-17/h7-10H,2-6,11-13,17H2,1H3,(H,18,19). The molecule has 0 saturated carbocycles. The van der Waals surface area contributed by atoms with Crippen LogP contribution < -0.4 is 15.8 Å². The zero-order valence-corrected chi connectivity index (χ0v) is 12.4. The molecule has 0 aliphatic carbocycles. The summed E-state index contributed by atoms with van der Waals surface area (Å²) in [5, 5.41) is 2.88. The van der Waals surface area contributed by atoms with Gasteiger partial charge in [0.15, 0.2) is 0 Å². The third kappa shape index (κ3) is 6.57. The molecule has 0 spiro atoms. The minimum absolute atomic E-state index is 0.0421. The molecule has 1 aromatic rings. The van der Waals surface area contributed by atoms with Gasteiger partial charge in [0.1, 0.15) is 5.75 Å². The van der Waals surface area contributed by atoms with E-state index < -0.39 is 0 Å². The van der Waals surface area contributed by atoms with Crippen molar-refractivity contribution < 1.29 is 9.53 Å². The number of ether oxygens (including phenoxy) is 1. The highest BCUT2D eigenvalue weighted by Gasteiger charge is 2.04. The maximum Gasteiger partial charge on any atom is 0.251 e. The third-order valence-corrected chi connectivity index (χ3v) is 3.05. The van der Waals surface area contributed by atoms with Crippen LogP contribution in [0.4, 0.5) is 0 Å². The van der Waals surface area contributed by atoms with Gasteiger partial charge in [-0.05, 0) is 50.1 Å². The summed E-state index contributed by atoms with van der Waals surface area (Å²) in [5.74, 6) is 0.778. The van der Waals surface area contributed by atoms with Crippen LogP contribution in [0.1, 0.15) is 49.4 Å². The first-order chi connectivity index (χ1) is 9.77. The van der Waals surface area contributed by atoms with Crippen molar-refractivity contribution in [2.45, 2.75) is 39.0 Å². The van der Waals surface area contributed by atoms with Gasteiger partial charge in [0.25, 0.3) is 5.91 Å². The molecule has 1 rings (SSSR count). The number of hydrogen-bond acceptors (Lipinski definition) is 3. The average molecular weight is 278 g/mol. The number of amides is 1. The van der Waals surface area contributed by atoms with Crippen molar-refractivity contribution in [3.63, 3.8) is 0 Å². The molecule has 0 saturated heterocycles. The molecule has 20 heavy (non-hydrogen) atoms. The minimum atomic E-state index is -0.0421. The lowest BCUT2D eigenvalue weighted by atomic mass is 10.2. The topological polar surface area (TPSA) is 64.3 Å². The van der Waals surface area contributed by atoms with Gasteiger partial charge in [0, 0.05) is 12.1 Å². The molecular weight excluding hydrogens is 252 g/mol. The molecule has 4 heteroatoms. The largest absolute Gasteiger partial charge is 0.494 e. The molecule has 0 bridgehead atoms. The Morgan fingerprint density at radius 3 is 2.55 bits per heavy atom. The second kappa shape index (κ2) is 10.3. The lowest BCUT2D eigenvalue weighted by Crippen LogP contribution is -2.24. The Labute approximate surface area is 121 Å². The zero-order chi connectivity index (χ0) is 14.6. The first kappa shape index (κ1) is 16.5. The van der Waals surface area contributed by atoms with E-state index in [-0.39, 0.29) is 5.91 Å². The highest BCUT2D eigenvalue weighted by atomic mass is 16.5. The van der Waals surface area contributed by atoms with Crippen molar-refractivity contribution >= 4 is 5.91 Å². The molecule has 112 valence electrons. The molecule has 3 N–H and O–H groups in total. The Morgan fingerprint density at radius 1 is 1.15 bits per heavy atom. The van der Waals surface area contributed by atoms with Crippen LogP contribution in [0.5, 0.6) is 5.75 Å². The Hall–Kier alpha value is -1.55.